The number of rotatable bonds is 2. The first-order valence-corrected chi connectivity index (χ1v) is 7.58. The highest BCUT2D eigenvalue weighted by molar-refractivity contribution is 8.02. The maximum atomic E-state index is 11.7. The molecule has 0 atom stereocenters. The predicted molar refractivity (Wildman–Crippen MR) is 81.4 cm³/mol. The molecule has 2 aromatic carbocycles. The van der Waals surface area contributed by atoms with Gasteiger partial charge in [0.25, 0.3) is 0 Å². The van der Waals surface area contributed by atoms with Gasteiger partial charge in [-0.15, -0.1) is 0 Å². The topological polar surface area (TPSA) is 17.1 Å². The zero-order chi connectivity index (χ0) is 13.1. The third kappa shape index (κ3) is 2.90. The van der Waals surface area contributed by atoms with Gasteiger partial charge in [0, 0.05) is 16.9 Å². The van der Waals surface area contributed by atoms with E-state index in [1.807, 2.05) is 5.41 Å². The lowest BCUT2D eigenvalue weighted by Gasteiger charge is -2.12. The zero-order valence-corrected chi connectivity index (χ0v) is 11.6. The van der Waals surface area contributed by atoms with Crippen LogP contribution in [-0.4, -0.2) is 5.78 Å². The van der Waals surface area contributed by atoms with E-state index in [9.17, 15) is 4.79 Å². The van der Waals surface area contributed by atoms with Crippen molar-refractivity contribution in [2.45, 2.75) is 30.6 Å². The quantitative estimate of drug-likeness (QED) is 0.565. The number of fused-ring (bicyclic) bond motifs is 1. The molecule has 19 heavy (non-hydrogen) atoms. The number of carbonyl (C=O) groups excluding carboxylic acids is 1. The van der Waals surface area contributed by atoms with Gasteiger partial charge in [-0.2, -0.15) is 0 Å². The molecule has 96 valence electrons. The minimum Gasteiger partial charge on any atom is -0.295 e. The summed E-state index contributed by atoms with van der Waals surface area (Å²) in [5, 5.41) is 4.56. The maximum absolute atomic E-state index is 11.7. The van der Waals surface area contributed by atoms with Crippen LogP contribution in [-0.2, 0) is 4.79 Å². The highest BCUT2D eigenvalue weighted by atomic mass is 32.2. The van der Waals surface area contributed by atoms with E-state index in [1.165, 1.54) is 15.7 Å². The summed E-state index contributed by atoms with van der Waals surface area (Å²) in [6.45, 7) is 0. The van der Waals surface area contributed by atoms with Crippen molar-refractivity contribution < 1.29 is 4.79 Å². The number of Topliss-reactive ketones (excluding diaryl/α,β-unsaturated/α-hetero) is 1. The van der Waals surface area contributed by atoms with E-state index < -0.39 is 0 Å². The van der Waals surface area contributed by atoms with E-state index >= 15 is 0 Å². The lowest BCUT2D eigenvalue weighted by molar-refractivity contribution is -0.116. The fourth-order valence-electron chi connectivity index (χ4n) is 2.41. The van der Waals surface area contributed by atoms with Crippen molar-refractivity contribution in [3.05, 3.63) is 53.4 Å². The summed E-state index contributed by atoms with van der Waals surface area (Å²) >= 11 is 1.66. The normalized spacial score (nSPS) is 18.1. The Kier molecular flexibility index (Phi) is 3.69. The van der Waals surface area contributed by atoms with E-state index in [0.29, 0.717) is 5.78 Å². The van der Waals surface area contributed by atoms with Gasteiger partial charge in [0.05, 0.1) is 0 Å². The molecule has 0 heterocycles. The third-order valence-electron chi connectivity index (χ3n) is 3.52. The lowest BCUT2D eigenvalue weighted by atomic mass is 9.95. The number of benzene rings is 2. The van der Waals surface area contributed by atoms with Crippen LogP contribution in [0.2, 0.25) is 0 Å². The molecular formula is C17H16OS. The molecule has 0 N–H and O–H groups in total. The van der Waals surface area contributed by atoms with Crippen LogP contribution in [0.15, 0.2) is 58.3 Å². The van der Waals surface area contributed by atoms with Crippen molar-refractivity contribution in [1.29, 1.82) is 0 Å². The summed E-state index contributed by atoms with van der Waals surface area (Å²) < 4.78 is 0. The molecule has 0 aliphatic heterocycles. The van der Waals surface area contributed by atoms with Crippen molar-refractivity contribution in [3.8, 4) is 0 Å². The number of thioether (sulfide) groups is 1. The number of hydrogen-bond donors (Lipinski definition) is 0. The molecule has 0 amide bonds. The Morgan fingerprint density at radius 1 is 0.947 bits per heavy atom. The predicted octanol–water partition coefficient (Wildman–Crippen LogP) is 4.96. The van der Waals surface area contributed by atoms with Crippen LogP contribution in [0.1, 0.15) is 25.7 Å². The number of ketones is 1. The highest BCUT2D eigenvalue weighted by Crippen LogP contribution is 2.28. The molecule has 0 aromatic heterocycles. The van der Waals surface area contributed by atoms with Crippen molar-refractivity contribution in [3.63, 3.8) is 0 Å². The van der Waals surface area contributed by atoms with Crippen LogP contribution in [0.25, 0.3) is 10.8 Å². The Hall–Kier alpha value is -1.54. The van der Waals surface area contributed by atoms with Gasteiger partial charge in [-0.25, -0.2) is 0 Å². The van der Waals surface area contributed by atoms with Crippen molar-refractivity contribution in [2.24, 2.45) is 0 Å². The molecule has 1 aliphatic carbocycles. The minimum absolute atomic E-state index is 0.333. The van der Waals surface area contributed by atoms with Gasteiger partial charge < -0.3 is 0 Å². The second-order valence-corrected chi connectivity index (χ2v) is 5.84. The summed E-state index contributed by atoms with van der Waals surface area (Å²) in [6.07, 6.45) is 3.87. The van der Waals surface area contributed by atoms with Crippen molar-refractivity contribution in [1.82, 2.24) is 0 Å². The summed E-state index contributed by atoms with van der Waals surface area (Å²) in [7, 11) is 0. The average molecular weight is 268 g/mol. The Labute approximate surface area is 117 Å². The molecule has 3 rings (SSSR count). The number of hydrogen-bond acceptors (Lipinski definition) is 2. The van der Waals surface area contributed by atoms with Crippen LogP contribution in [0.5, 0.6) is 0 Å². The van der Waals surface area contributed by atoms with Gasteiger partial charge in [0.2, 0.25) is 0 Å². The van der Waals surface area contributed by atoms with Gasteiger partial charge in [-0.1, -0.05) is 42.1 Å². The molecule has 1 aliphatic rings. The minimum atomic E-state index is 0.333. The summed E-state index contributed by atoms with van der Waals surface area (Å²) in [4.78, 5) is 12.9. The van der Waals surface area contributed by atoms with Crippen molar-refractivity contribution >= 4 is 28.3 Å². The maximum Gasteiger partial charge on any atom is 0.159 e. The monoisotopic (exact) mass is 268 g/mol. The van der Waals surface area contributed by atoms with E-state index in [2.05, 4.69) is 42.5 Å². The average Bonchev–Trinajstić information content (AvgIpc) is 2.46. The molecule has 0 spiro atoms. The number of allylic oxidation sites excluding steroid dienone is 1. The molecule has 1 saturated carbocycles. The molecule has 1 nitrogen and oxygen atoms in total. The molecule has 1 fully saturated rings. The van der Waals surface area contributed by atoms with E-state index in [4.69, 9.17) is 0 Å². The highest BCUT2D eigenvalue weighted by Gasteiger charge is 2.14. The third-order valence-corrected chi connectivity index (χ3v) is 4.44. The molecular weight excluding hydrogens is 252 g/mol. The first-order valence-electron chi connectivity index (χ1n) is 6.71. The van der Waals surface area contributed by atoms with Crippen LogP contribution in [0.3, 0.4) is 0 Å². The standard InChI is InChI=1S/C17H16OS/c18-17-8-4-3-7-15(17)12-19-16-10-9-13-5-1-2-6-14(13)11-16/h1-2,5-6,9-12H,3-4,7-8H2/b15-12-. The fourth-order valence-corrected chi connectivity index (χ4v) is 3.27. The lowest BCUT2D eigenvalue weighted by Crippen LogP contribution is -2.07. The molecule has 0 saturated heterocycles. The van der Waals surface area contributed by atoms with Crippen LogP contribution >= 0.6 is 11.8 Å². The SMILES string of the molecule is O=C1CCCC/C1=C/Sc1ccc2ccccc2c1. The number of carbonyl (C=O) groups is 1. The Bertz CT molecular complexity index is 643. The van der Waals surface area contributed by atoms with Gasteiger partial charge in [-0.05, 0) is 47.6 Å². The molecule has 0 radical (unpaired) electrons. The summed E-state index contributed by atoms with van der Waals surface area (Å²) in [5.74, 6) is 0.333. The van der Waals surface area contributed by atoms with Crippen LogP contribution < -0.4 is 0 Å². The van der Waals surface area contributed by atoms with E-state index in [-0.39, 0.29) is 0 Å². The zero-order valence-electron chi connectivity index (χ0n) is 10.8. The largest absolute Gasteiger partial charge is 0.295 e. The van der Waals surface area contributed by atoms with Gasteiger partial charge in [0.1, 0.15) is 0 Å². The van der Waals surface area contributed by atoms with E-state index in [0.717, 1.165) is 31.3 Å². The fraction of sp³-hybridized carbons (Fsp3) is 0.235. The molecule has 2 aromatic rings. The first kappa shape index (κ1) is 12.5. The van der Waals surface area contributed by atoms with Gasteiger partial charge in [-0.3, -0.25) is 4.79 Å². The van der Waals surface area contributed by atoms with Crippen LogP contribution in [0, 0.1) is 0 Å². The van der Waals surface area contributed by atoms with Gasteiger partial charge >= 0.3 is 0 Å². The summed E-state index contributed by atoms with van der Waals surface area (Å²) in [6, 6.07) is 14.8. The second-order valence-electron chi connectivity index (χ2n) is 4.90. The van der Waals surface area contributed by atoms with Gasteiger partial charge in [0.15, 0.2) is 5.78 Å². The van der Waals surface area contributed by atoms with Crippen molar-refractivity contribution in [2.75, 3.05) is 0 Å². The van der Waals surface area contributed by atoms with Crippen LogP contribution in [0.4, 0.5) is 0 Å². The first-order chi connectivity index (χ1) is 9.33. The Morgan fingerprint density at radius 3 is 2.58 bits per heavy atom. The molecule has 2 heteroatoms. The smallest absolute Gasteiger partial charge is 0.159 e. The van der Waals surface area contributed by atoms with E-state index in [1.54, 1.807) is 11.8 Å². The Morgan fingerprint density at radius 2 is 1.74 bits per heavy atom. The summed E-state index contributed by atoms with van der Waals surface area (Å²) in [5.41, 5.74) is 1.00. The molecule has 0 unspecified atom stereocenters. The Balaban J connectivity index is 1.81. The second kappa shape index (κ2) is 5.62. The molecule has 0 bridgehead atoms.